The molecule has 0 bridgehead atoms. The van der Waals surface area contributed by atoms with Gasteiger partial charge in [0, 0.05) is 12.5 Å². The Hall–Kier alpha value is -1.29. The molecule has 4 nitrogen and oxygen atoms in total. The maximum atomic E-state index is 12.7. The van der Waals surface area contributed by atoms with Gasteiger partial charge in [0.2, 0.25) is 5.91 Å². The van der Waals surface area contributed by atoms with Gasteiger partial charge in [0.15, 0.2) is 0 Å². The third-order valence-electron chi connectivity index (χ3n) is 4.40. The van der Waals surface area contributed by atoms with Gasteiger partial charge in [0.1, 0.15) is 11.5 Å². The van der Waals surface area contributed by atoms with Crippen LogP contribution in [0.25, 0.3) is 0 Å². The van der Waals surface area contributed by atoms with Crippen LogP contribution in [0.15, 0.2) is 16.5 Å². The van der Waals surface area contributed by atoms with Gasteiger partial charge in [-0.2, -0.15) is 0 Å². The van der Waals surface area contributed by atoms with Crippen LogP contribution in [0.3, 0.4) is 0 Å². The molecule has 2 rings (SSSR count). The minimum absolute atomic E-state index is 0.195. The Morgan fingerprint density at radius 1 is 1.50 bits per heavy atom. The van der Waals surface area contributed by atoms with Crippen LogP contribution < -0.4 is 5.32 Å². The monoisotopic (exact) mass is 278 g/mol. The zero-order valence-corrected chi connectivity index (χ0v) is 13.0. The molecule has 0 saturated carbocycles. The van der Waals surface area contributed by atoms with Crippen molar-refractivity contribution in [3.05, 3.63) is 23.7 Å². The first-order chi connectivity index (χ1) is 9.41. The summed E-state index contributed by atoms with van der Waals surface area (Å²) in [6.07, 6.45) is 2.28. The second kappa shape index (κ2) is 6.00. The Morgan fingerprint density at radius 3 is 2.80 bits per heavy atom. The van der Waals surface area contributed by atoms with Gasteiger partial charge in [0.25, 0.3) is 0 Å². The number of furan rings is 1. The highest BCUT2D eigenvalue weighted by molar-refractivity contribution is 5.82. The number of piperidine rings is 1. The molecule has 1 amide bonds. The summed E-state index contributed by atoms with van der Waals surface area (Å²) in [6, 6.07) is 3.87. The SMILES string of the molecule is Cc1ccc(CN(C)C(=O)C(C)(C)C2CCCNC2)o1. The number of hydrogen-bond acceptors (Lipinski definition) is 3. The van der Waals surface area contributed by atoms with E-state index in [1.807, 2.05) is 26.1 Å². The number of carbonyl (C=O) groups is 1. The van der Waals surface area contributed by atoms with E-state index in [1.165, 1.54) is 0 Å². The number of carbonyl (C=O) groups excluding carboxylic acids is 1. The lowest BCUT2D eigenvalue weighted by Crippen LogP contribution is -2.47. The molecule has 112 valence electrons. The standard InChI is InChI=1S/C16H26N2O2/c1-12-7-8-14(20-12)11-18(4)15(19)16(2,3)13-6-5-9-17-10-13/h7-8,13,17H,5-6,9-11H2,1-4H3. The van der Waals surface area contributed by atoms with Crippen molar-refractivity contribution in [1.82, 2.24) is 10.2 Å². The Balaban J connectivity index is 2.00. The fraction of sp³-hybridized carbons (Fsp3) is 0.688. The van der Waals surface area contributed by atoms with E-state index in [1.54, 1.807) is 4.90 Å². The molecule has 0 radical (unpaired) electrons. The second-order valence-corrected chi connectivity index (χ2v) is 6.44. The van der Waals surface area contributed by atoms with E-state index < -0.39 is 0 Å². The molecule has 1 unspecified atom stereocenters. The van der Waals surface area contributed by atoms with Gasteiger partial charge in [-0.3, -0.25) is 4.79 Å². The van der Waals surface area contributed by atoms with Crippen LogP contribution in [0, 0.1) is 18.3 Å². The average Bonchev–Trinajstić information content (AvgIpc) is 2.84. The lowest BCUT2D eigenvalue weighted by molar-refractivity contribution is -0.143. The first-order valence-electron chi connectivity index (χ1n) is 7.43. The molecule has 4 heteroatoms. The number of nitrogens with one attached hydrogen (secondary N) is 1. The maximum absolute atomic E-state index is 12.7. The summed E-state index contributed by atoms with van der Waals surface area (Å²) in [5, 5.41) is 3.40. The summed E-state index contributed by atoms with van der Waals surface area (Å²) in [7, 11) is 1.86. The van der Waals surface area contributed by atoms with Crippen molar-refractivity contribution in [1.29, 1.82) is 0 Å². The highest BCUT2D eigenvalue weighted by atomic mass is 16.3. The van der Waals surface area contributed by atoms with Crippen LogP contribution in [0.5, 0.6) is 0 Å². The van der Waals surface area contributed by atoms with Gasteiger partial charge in [-0.1, -0.05) is 13.8 Å². The number of rotatable bonds is 4. The molecule has 1 aromatic rings. The van der Waals surface area contributed by atoms with Crippen molar-refractivity contribution in [2.24, 2.45) is 11.3 Å². The van der Waals surface area contributed by atoms with Crippen molar-refractivity contribution in [3.63, 3.8) is 0 Å². The maximum Gasteiger partial charge on any atom is 0.228 e. The Kier molecular flexibility index (Phi) is 4.53. The highest BCUT2D eigenvalue weighted by Gasteiger charge is 2.39. The average molecular weight is 278 g/mol. The summed E-state index contributed by atoms with van der Waals surface area (Å²) in [5.41, 5.74) is -0.330. The molecule has 0 aromatic carbocycles. The van der Waals surface area contributed by atoms with Crippen molar-refractivity contribution in [2.45, 2.75) is 40.2 Å². The van der Waals surface area contributed by atoms with Gasteiger partial charge < -0.3 is 14.6 Å². The number of aryl methyl sites for hydroxylation is 1. The predicted octanol–water partition coefficient (Wildman–Crippen LogP) is 2.57. The molecule has 1 aliphatic rings. The molecule has 1 aromatic heterocycles. The van der Waals surface area contributed by atoms with Crippen molar-refractivity contribution in [3.8, 4) is 0 Å². The van der Waals surface area contributed by atoms with E-state index >= 15 is 0 Å². The third kappa shape index (κ3) is 3.23. The smallest absolute Gasteiger partial charge is 0.228 e. The van der Waals surface area contributed by atoms with Gasteiger partial charge >= 0.3 is 0 Å². The summed E-state index contributed by atoms with van der Waals surface area (Å²) in [6.45, 7) is 8.60. The van der Waals surface area contributed by atoms with Gasteiger partial charge in [-0.25, -0.2) is 0 Å². The van der Waals surface area contributed by atoms with Crippen LogP contribution >= 0.6 is 0 Å². The predicted molar refractivity (Wildman–Crippen MR) is 79.3 cm³/mol. The normalized spacial score (nSPS) is 19.9. The second-order valence-electron chi connectivity index (χ2n) is 6.44. The Morgan fingerprint density at radius 2 is 2.25 bits per heavy atom. The van der Waals surface area contributed by atoms with Gasteiger partial charge in [-0.15, -0.1) is 0 Å². The minimum Gasteiger partial charge on any atom is -0.464 e. The Bertz CT molecular complexity index is 459. The molecule has 1 saturated heterocycles. The first kappa shape index (κ1) is 15.1. The summed E-state index contributed by atoms with van der Waals surface area (Å²) in [4.78, 5) is 14.5. The van der Waals surface area contributed by atoms with Crippen LogP contribution in [-0.4, -0.2) is 30.9 Å². The van der Waals surface area contributed by atoms with E-state index in [2.05, 4.69) is 19.2 Å². The zero-order valence-electron chi connectivity index (χ0n) is 13.0. The van der Waals surface area contributed by atoms with Crippen LogP contribution in [0.1, 0.15) is 38.2 Å². The Labute approximate surface area is 121 Å². The molecule has 2 heterocycles. The molecule has 1 fully saturated rings. The van der Waals surface area contributed by atoms with Crippen LogP contribution in [-0.2, 0) is 11.3 Å². The van der Waals surface area contributed by atoms with Crippen molar-refractivity contribution in [2.75, 3.05) is 20.1 Å². The van der Waals surface area contributed by atoms with E-state index in [0.717, 1.165) is 37.5 Å². The fourth-order valence-corrected chi connectivity index (χ4v) is 3.01. The lowest BCUT2D eigenvalue weighted by atomic mass is 9.74. The third-order valence-corrected chi connectivity index (χ3v) is 4.40. The minimum atomic E-state index is -0.330. The lowest BCUT2D eigenvalue weighted by Gasteiger charge is -2.38. The first-order valence-corrected chi connectivity index (χ1v) is 7.43. The molecule has 1 aliphatic heterocycles. The van der Waals surface area contributed by atoms with Crippen molar-refractivity contribution >= 4 is 5.91 Å². The van der Waals surface area contributed by atoms with Gasteiger partial charge in [0.05, 0.1) is 6.54 Å². The topological polar surface area (TPSA) is 45.5 Å². The van der Waals surface area contributed by atoms with Gasteiger partial charge in [-0.05, 0) is 50.9 Å². The molecule has 0 aliphatic carbocycles. The van der Waals surface area contributed by atoms with E-state index in [4.69, 9.17) is 4.42 Å². The molecule has 1 atom stereocenters. The molecule has 1 N–H and O–H groups in total. The van der Waals surface area contributed by atoms with E-state index in [0.29, 0.717) is 12.5 Å². The summed E-state index contributed by atoms with van der Waals surface area (Å²) in [5.74, 6) is 2.33. The summed E-state index contributed by atoms with van der Waals surface area (Å²) >= 11 is 0. The van der Waals surface area contributed by atoms with E-state index in [-0.39, 0.29) is 11.3 Å². The fourth-order valence-electron chi connectivity index (χ4n) is 3.01. The van der Waals surface area contributed by atoms with E-state index in [9.17, 15) is 4.79 Å². The number of nitrogens with zero attached hydrogens (tertiary/aromatic N) is 1. The number of hydrogen-bond donors (Lipinski definition) is 1. The van der Waals surface area contributed by atoms with Crippen LogP contribution in [0.4, 0.5) is 0 Å². The zero-order chi connectivity index (χ0) is 14.8. The molecular weight excluding hydrogens is 252 g/mol. The molecule has 20 heavy (non-hydrogen) atoms. The largest absolute Gasteiger partial charge is 0.464 e. The highest BCUT2D eigenvalue weighted by Crippen LogP contribution is 2.33. The number of amides is 1. The molecule has 0 spiro atoms. The quantitative estimate of drug-likeness (QED) is 0.920. The summed E-state index contributed by atoms with van der Waals surface area (Å²) < 4.78 is 5.56. The molecular formula is C16H26N2O2. The van der Waals surface area contributed by atoms with Crippen molar-refractivity contribution < 1.29 is 9.21 Å². The van der Waals surface area contributed by atoms with Crippen LogP contribution in [0.2, 0.25) is 0 Å².